The van der Waals surface area contributed by atoms with Crippen LogP contribution in [0, 0.1) is 0 Å². The quantitative estimate of drug-likeness (QED) is 0.710. The van der Waals surface area contributed by atoms with E-state index in [1.807, 2.05) is 0 Å². The molecule has 0 atom stereocenters. The lowest BCUT2D eigenvalue weighted by molar-refractivity contribution is -0.145. The van der Waals surface area contributed by atoms with Gasteiger partial charge in [0.05, 0.1) is 12.2 Å². The van der Waals surface area contributed by atoms with Gasteiger partial charge in [0.15, 0.2) is 6.61 Å². The van der Waals surface area contributed by atoms with Crippen LogP contribution in [0.15, 0.2) is 22.7 Å². The molecule has 0 aromatic heterocycles. The van der Waals surface area contributed by atoms with Gasteiger partial charge < -0.3 is 9.64 Å². The monoisotopic (exact) mass is 449 g/mol. The molecule has 0 aliphatic carbocycles. The SMILES string of the molecule is O=C(CN1C(=O)COc2cc(Br)ccc21)N1CCCN(CC(F)(F)F)CC1. The van der Waals surface area contributed by atoms with Gasteiger partial charge >= 0.3 is 6.18 Å². The van der Waals surface area contributed by atoms with Gasteiger partial charge in [-0.1, -0.05) is 15.9 Å². The number of nitrogens with zero attached hydrogens (tertiary/aromatic N) is 3. The zero-order chi connectivity index (χ0) is 19.6. The van der Waals surface area contributed by atoms with Crippen LogP contribution in [0.5, 0.6) is 5.75 Å². The zero-order valence-electron chi connectivity index (χ0n) is 14.5. The van der Waals surface area contributed by atoms with E-state index in [2.05, 4.69) is 15.9 Å². The number of rotatable bonds is 3. The third-order valence-electron chi connectivity index (χ3n) is 4.50. The normalized spacial score (nSPS) is 18.7. The summed E-state index contributed by atoms with van der Waals surface area (Å²) in [6.45, 7) is -0.256. The fourth-order valence-corrected chi connectivity index (χ4v) is 3.56. The van der Waals surface area contributed by atoms with Crippen molar-refractivity contribution in [2.45, 2.75) is 12.6 Å². The van der Waals surface area contributed by atoms with E-state index in [-0.39, 0.29) is 44.6 Å². The highest BCUT2D eigenvalue weighted by atomic mass is 79.9. The van der Waals surface area contributed by atoms with Gasteiger partial charge in [-0.25, -0.2) is 0 Å². The molecule has 148 valence electrons. The Hall–Kier alpha value is -1.81. The van der Waals surface area contributed by atoms with Gasteiger partial charge in [-0.2, -0.15) is 13.2 Å². The first-order chi connectivity index (χ1) is 12.7. The van der Waals surface area contributed by atoms with Crippen molar-refractivity contribution in [3.63, 3.8) is 0 Å². The van der Waals surface area contributed by atoms with E-state index < -0.39 is 12.7 Å². The van der Waals surface area contributed by atoms with Crippen molar-refractivity contribution in [2.24, 2.45) is 0 Å². The second-order valence-electron chi connectivity index (χ2n) is 6.51. The molecule has 0 radical (unpaired) electrons. The minimum atomic E-state index is -4.25. The molecular formula is C17H19BrF3N3O3. The van der Waals surface area contributed by atoms with Crippen molar-refractivity contribution in [1.29, 1.82) is 0 Å². The summed E-state index contributed by atoms with van der Waals surface area (Å²) in [7, 11) is 0. The lowest BCUT2D eigenvalue weighted by atomic mass is 10.2. The first-order valence-corrected chi connectivity index (χ1v) is 9.32. The second-order valence-corrected chi connectivity index (χ2v) is 7.42. The highest BCUT2D eigenvalue weighted by Gasteiger charge is 2.33. The molecule has 0 bridgehead atoms. The fraction of sp³-hybridized carbons (Fsp3) is 0.529. The number of hydrogen-bond donors (Lipinski definition) is 0. The van der Waals surface area contributed by atoms with Gasteiger partial charge in [-0.05, 0) is 24.6 Å². The number of ether oxygens (including phenoxy) is 1. The summed E-state index contributed by atoms with van der Waals surface area (Å²) < 4.78 is 43.9. The Morgan fingerprint density at radius 1 is 1.19 bits per heavy atom. The molecule has 1 aromatic carbocycles. The van der Waals surface area contributed by atoms with Crippen LogP contribution in [0.25, 0.3) is 0 Å². The number of carbonyl (C=O) groups excluding carboxylic acids is 2. The van der Waals surface area contributed by atoms with Crippen LogP contribution in [-0.4, -0.2) is 73.7 Å². The maximum atomic E-state index is 12.7. The summed E-state index contributed by atoms with van der Waals surface area (Å²) >= 11 is 3.33. The highest BCUT2D eigenvalue weighted by molar-refractivity contribution is 9.10. The molecule has 2 aliphatic heterocycles. The molecule has 3 rings (SSSR count). The van der Waals surface area contributed by atoms with Crippen LogP contribution in [-0.2, 0) is 9.59 Å². The van der Waals surface area contributed by atoms with Crippen molar-refractivity contribution in [3.05, 3.63) is 22.7 Å². The standard InChI is InChI=1S/C17H19BrF3N3O3/c18-12-2-3-13-14(8-12)27-10-16(26)24(13)9-15(25)23-5-1-4-22(6-7-23)11-17(19,20)21/h2-3,8H,1,4-7,9-11H2. The van der Waals surface area contributed by atoms with Gasteiger partial charge in [-0.3, -0.25) is 19.4 Å². The van der Waals surface area contributed by atoms with Crippen molar-refractivity contribution in [3.8, 4) is 5.75 Å². The van der Waals surface area contributed by atoms with Gasteiger partial charge in [0.25, 0.3) is 5.91 Å². The lowest BCUT2D eigenvalue weighted by Crippen LogP contribution is -2.47. The summed E-state index contributed by atoms with van der Waals surface area (Å²) in [6.07, 6.45) is -3.79. The molecular weight excluding hydrogens is 431 g/mol. The molecule has 0 spiro atoms. The third kappa shape index (κ3) is 5.13. The van der Waals surface area contributed by atoms with Crippen LogP contribution < -0.4 is 9.64 Å². The number of halogens is 4. The van der Waals surface area contributed by atoms with Gasteiger partial charge in [-0.15, -0.1) is 0 Å². The number of amides is 2. The van der Waals surface area contributed by atoms with E-state index in [0.29, 0.717) is 24.4 Å². The van der Waals surface area contributed by atoms with E-state index in [1.54, 1.807) is 18.2 Å². The van der Waals surface area contributed by atoms with Crippen LogP contribution in [0.1, 0.15) is 6.42 Å². The van der Waals surface area contributed by atoms with E-state index in [4.69, 9.17) is 4.74 Å². The van der Waals surface area contributed by atoms with Gasteiger partial charge in [0, 0.05) is 30.7 Å². The number of hydrogen-bond acceptors (Lipinski definition) is 4. The molecule has 10 heteroatoms. The van der Waals surface area contributed by atoms with E-state index in [9.17, 15) is 22.8 Å². The fourth-order valence-electron chi connectivity index (χ4n) is 3.22. The van der Waals surface area contributed by atoms with E-state index in [1.165, 1.54) is 14.7 Å². The van der Waals surface area contributed by atoms with Crippen LogP contribution in [0.2, 0.25) is 0 Å². The van der Waals surface area contributed by atoms with Crippen LogP contribution in [0.4, 0.5) is 18.9 Å². The second kappa shape index (κ2) is 8.05. The summed E-state index contributed by atoms with van der Waals surface area (Å²) in [6, 6.07) is 5.16. The number of fused-ring (bicyclic) bond motifs is 1. The smallest absolute Gasteiger partial charge is 0.401 e. The molecule has 1 aromatic rings. The number of anilines is 1. The van der Waals surface area contributed by atoms with Crippen molar-refractivity contribution in [2.75, 3.05) is 50.8 Å². The molecule has 1 fully saturated rings. The Kier molecular flexibility index (Phi) is 5.95. The predicted molar refractivity (Wildman–Crippen MR) is 95.7 cm³/mol. The molecule has 2 aliphatic rings. The Morgan fingerprint density at radius 3 is 2.70 bits per heavy atom. The summed E-state index contributed by atoms with van der Waals surface area (Å²) in [5.74, 6) is -0.108. The molecule has 1 saturated heterocycles. The molecule has 6 nitrogen and oxygen atoms in total. The zero-order valence-corrected chi connectivity index (χ0v) is 16.1. The molecule has 27 heavy (non-hydrogen) atoms. The van der Waals surface area contributed by atoms with Crippen molar-refractivity contribution < 1.29 is 27.5 Å². The first-order valence-electron chi connectivity index (χ1n) is 8.52. The van der Waals surface area contributed by atoms with Crippen LogP contribution in [0.3, 0.4) is 0 Å². The summed E-state index contributed by atoms with van der Waals surface area (Å²) in [4.78, 5) is 29.1. The average molecular weight is 450 g/mol. The molecule has 0 N–H and O–H groups in total. The number of carbonyl (C=O) groups is 2. The van der Waals surface area contributed by atoms with Crippen molar-refractivity contribution >= 4 is 33.4 Å². The Morgan fingerprint density at radius 2 is 1.96 bits per heavy atom. The van der Waals surface area contributed by atoms with E-state index >= 15 is 0 Å². The van der Waals surface area contributed by atoms with Crippen molar-refractivity contribution in [1.82, 2.24) is 9.80 Å². The first kappa shape index (κ1) is 19.9. The highest BCUT2D eigenvalue weighted by Crippen LogP contribution is 2.34. The maximum absolute atomic E-state index is 12.7. The Bertz CT molecular complexity index is 729. The molecule has 2 amide bonds. The van der Waals surface area contributed by atoms with Gasteiger partial charge in [0.2, 0.25) is 5.91 Å². The molecule has 0 saturated carbocycles. The van der Waals surface area contributed by atoms with Crippen LogP contribution >= 0.6 is 15.9 Å². The Labute approximate surface area is 163 Å². The predicted octanol–water partition coefficient (Wildman–Crippen LogP) is 2.27. The average Bonchev–Trinajstić information content (AvgIpc) is 2.81. The lowest BCUT2D eigenvalue weighted by Gasteiger charge is -2.31. The Balaban J connectivity index is 1.65. The minimum absolute atomic E-state index is 0.157. The maximum Gasteiger partial charge on any atom is 0.401 e. The molecule has 2 heterocycles. The third-order valence-corrected chi connectivity index (χ3v) is 5.00. The molecule has 0 unspecified atom stereocenters. The summed E-state index contributed by atoms with van der Waals surface area (Å²) in [5.41, 5.74) is 0.510. The number of benzene rings is 1. The van der Waals surface area contributed by atoms with Gasteiger partial charge in [0.1, 0.15) is 12.3 Å². The largest absolute Gasteiger partial charge is 0.482 e. The van der Waals surface area contributed by atoms with E-state index in [0.717, 1.165) is 4.47 Å². The topological polar surface area (TPSA) is 53.1 Å². The summed E-state index contributed by atoms with van der Waals surface area (Å²) in [5, 5.41) is 0. The minimum Gasteiger partial charge on any atom is -0.482 e. The number of alkyl halides is 3.